The summed E-state index contributed by atoms with van der Waals surface area (Å²) in [4.78, 5) is 27.0. The third-order valence-corrected chi connectivity index (χ3v) is 5.67. The maximum absolute atomic E-state index is 12.9. The van der Waals surface area contributed by atoms with Gasteiger partial charge in [0.1, 0.15) is 0 Å². The summed E-state index contributed by atoms with van der Waals surface area (Å²) in [6.07, 6.45) is -4.52. The number of anilines is 2. The van der Waals surface area contributed by atoms with Crippen molar-refractivity contribution >= 4 is 40.7 Å². The molecule has 3 rings (SSSR count). The van der Waals surface area contributed by atoms with Gasteiger partial charge in [-0.15, -0.1) is 0 Å². The summed E-state index contributed by atoms with van der Waals surface area (Å²) in [7, 11) is 0. The molecule has 0 radical (unpaired) electrons. The van der Waals surface area contributed by atoms with Crippen LogP contribution in [0.3, 0.4) is 0 Å². The number of esters is 1. The summed E-state index contributed by atoms with van der Waals surface area (Å²) in [6, 6.07) is 9.73. The number of alkyl halides is 3. The van der Waals surface area contributed by atoms with Gasteiger partial charge >= 0.3 is 18.2 Å². The van der Waals surface area contributed by atoms with E-state index in [1.807, 2.05) is 6.92 Å². The largest absolute Gasteiger partial charge is 0.463 e. The first-order valence-corrected chi connectivity index (χ1v) is 11.3. The van der Waals surface area contributed by atoms with E-state index in [-0.39, 0.29) is 12.3 Å². The van der Waals surface area contributed by atoms with Crippen LogP contribution in [0.5, 0.6) is 0 Å². The van der Waals surface area contributed by atoms with Crippen LogP contribution in [0.4, 0.5) is 29.3 Å². The summed E-state index contributed by atoms with van der Waals surface area (Å²) in [5.74, 6) is -0.482. The first kappa shape index (κ1) is 26.0. The molecule has 1 atom stereocenters. The molecule has 0 aromatic heterocycles. The van der Waals surface area contributed by atoms with Crippen molar-refractivity contribution in [2.75, 3.05) is 23.8 Å². The Morgan fingerprint density at radius 3 is 2.31 bits per heavy atom. The quantitative estimate of drug-likeness (QED) is 0.358. The minimum Gasteiger partial charge on any atom is -0.463 e. The molecular weight excluding hydrogens is 481 g/mol. The monoisotopic (exact) mass is 506 g/mol. The number of ether oxygens (including phenoxy) is 1. The van der Waals surface area contributed by atoms with Crippen molar-refractivity contribution in [1.29, 1.82) is 0 Å². The lowest BCUT2D eigenvalue weighted by Gasteiger charge is -2.37. The normalized spacial score (nSPS) is 16.0. The topological polar surface area (TPSA) is 82.7 Å². The van der Waals surface area contributed by atoms with Crippen LogP contribution >= 0.6 is 12.2 Å². The van der Waals surface area contributed by atoms with Crippen molar-refractivity contribution in [3.63, 3.8) is 0 Å². The number of amides is 2. The van der Waals surface area contributed by atoms with Gasteiger partial charge in [0.15, 0.2) is 5.11 Å². The van der Waals surface area contributed by atoms with Crippen molar-refractivity contribution in [1.82, 2.24) is 10.2 Å². The second kappa shape index (κ2) is 10.8. The molecule has 7 nitrogen and oxygen atoms in total. The zero-order valence-electron chi connectivity index (χ0n) is 19.3. The van der Waals surface area contributed by atoms with E-state index < -0.39 is 29.8 Å². The van der Waals surface area contributed by atoms with Gasteiger partial charge in [-0.3, -0.25) is 0 Å². The first-order chi connectivity index (χ1) is 16.5. The minimum atomic E-state index is -4.52. The number of allylic oxidation sites excluding steroid dienone is 1. The molecule has 2 aromatic rings. The van der Waals surface area contributed by atoms with Crippen LogP contribution in [-0.4, -0.2) is 35.2 Å². The van der Waals surface area contributed by atoms with Crippen LogP contribution in [0.1, 0.15) is 37.9 Å². The average molecular weight is 507 g/mol. The molecule has 3 N–H and O–H groups in total. The number of carbonyl (C=O) groups excluding carboxylic acids is 2. The summed E-state index contributed by atoms with van der Waals surface area (Å²) in [6.45, 7) is 6.18. The van der Waals surface area contributed by atoms with Gasteiger partial charge in [0, 0.05) is 23.6 Å². The van der Waals surface area contributed by atoms with Gasteiger partial charge in [-0.1, -0.05) is 18.2 Å². The number of benzene rings is 2. The minimum absolute atomic E-state index is 0.00409. The fraction of sp³-hybridized carbons (Fsp3) is 0.292. The van der Waals surface area contributed by atoms with Crippen molar-refractivity contribution in [3.8, 4) is 0 Å². The van der Waals surface area contributed by atoms with Gasteiger partial charge in [-0.25, -0.2) is 9.59 Å². The highest BCUT2D eigenvalue weighted by molar-refractivity contribution is 7.80. The van der Waals surface area contributed by atoms with Gasteiger partial charge in [0.05, 0.1) is 23.8 Å². The second-order valence-electron chi connectivity index (χ2n) is 7.63. The smallest absolute Gasteiger partial charge is 0.416 e. The number of thiocarbonyl (C=S) groups is 1. The number of hydrogen-bond acceptors (Lipinski definition) is 4. The molecule has 0 saturated heterocycles. The molecule has 0 bridgehead atoms. The van der Waals surface area contributed by atoms with Crippen LogP contribution in [-0.2, 0) is 15.7 Å². The Kier molecular flexibility index (Phi) is 8.00. The van der Waals surface area contributed by atoms with Gasteiger partial charge in [0.2, 0.25) is 0 Å². The van der Waals surface area contributed by atoms with E-state index in [0.717, 1.165) is 12.1 Å². The zero-order valence-corrected chi connectivity index (χ0v) is 20.1. The van der Waals surface area contributed by atoms with Gasteiger partial charge < -0.3 is 25.6 Å². The fourth-order valence-electron chi connectivity index (χ4n) is 3.75. The van der Waals surface area contributed by atoms with Crippen LogP contribution in [0.2, 0.25) is 0 Å². The summed E-state index contributed by atoms with van der Waals surface area (Å²) >= 11 is 5.47. The molecule has 1 aliphatic heterocycles. The highest BCUT2D eigenvalue weighted by Gasteiger charge is 2.34. The molecule has 1 unspecified atom stereocenters. The standard InChI is InChI=1S/C24H25F3N4O3S/c1-4-31-14(3)19(21(32)34-5-2)20(30-23(31)35)15-8-6-10-17(12-15)28-22(33)29-18-11-7-9-16(13-18)24(25,26)27/h6-13,20H,4-5H2,1-3H3,(H,30,35)(H2,28,29,33). The number of nitrogens with one attached hydrogen (secondary N) is 3. The zero-order chi connectivity index (χ0) is 25.8. The maximum Gasteiger partial charge on any atom is 0.416 e. The third-order valence-electron chi connectivity index (χ3n) is 5.33. The van der Waals surface area contributed by atoms with E-state index in [4.69, 9.17) is 17.0 Å². The lowest BCUT2D eigenvalue weighted by Crippen LogP contribution is -2.47. The number of nitrogens with zero attached hydrogens (tertiary/aromatic N) is 1. The Balaban J connectivity index is 1.84. The molecule has 0 aliphatic carbocycles. The molecular formula is C24H25F3N4O3S. The predicted molar refractivity (Wildman–Crippen MR) is 131 cm³/mol. The average Bonchev–Trinajstić information content (AvgIpc) is 2.78. The van der Waals surface area contributed by atoms with Gasteiger partial charge in [-0.2, -0.15) is 13.2 Å². The third kappa shape index (κ3) is 6.10. The molecule has 1 heterocycles. The van der Waals surface area contributed by atoms with E-state index in [2.05, 4.69) is 16.0 Å². The van der Waals surface area contributed by atoms with Crippen molar-refractivity contribution in [2.24, 2.45) is 0 Å². The fourth-order valence-corrected chi connectivity index (χ4v) is 4.13. The molecule has 186 valence electrons. The Hall–Kier alpha value is -3.60. The molecule has 11 heteroatoms. The van der Waals surface area contributed by atoms with Crippen molar-refractivity contribution in [2.45, 2.75) is 33.0 Å². The Morgan fingerprint density at radius 2 is 1.71 bits per heavy atom. The highest BCUT2D eigenvalue weighted by atomic mass is 32.1. The van der Waals surface area contributed by atoms with Crippen LogP contribution in [0, 0.1) is 0 Å². The summed E-state index contributed by atoms with van der Waals surface area (Å²) < 4.78 is 44.0. The molecule has 1 aliphatic rings. The Bertz CT molecular complexity index is 1170. The van der Waals surface area contributed by atoms with Gasteiger partial charge in [-0.05, 0) is 68.9 Å². The number of urea groups is 1. The SMILES string of the molecule is CCOC(=O)C1=C(C)N(CC)C(=S)NC1c1cccc(NC(=O)Nc2cccc(C(F)(F)F)c2)c1. The van der Waals surface area contributed by atoms with Crippen LogP contribution in [0.25, 0.3) is 0 Å². The number of carbonyl (C=O) groups is 2. The molecule has 0 fully saturated rings. The summed E-state index contributed by atoms with van der Waals surface area (Å²) in [5, 5.41) is 8.61. The maximum atomic E-state index is 12.9. The lowest BCUT2D eigenvalue weighted by molar-refractivity contribution is -0.139. The van der Waals surface area contributed by atoms with Crippen molar-refractivity contribution in [3.05, 3.63) is 70.9 Å². The number of rotatable bonds is 6. The first-order valence-electron chi connectivity index (χ1n) is 10.9. The molecule has 0 spiro atoms. The highest BCUT2D eigenvalue weighted by Crippen LogP contribution is 2.33. The van der Waals surface area contributed by atoms with Crippen LogP contribution in [0.15, 0.2) is 59.8 Å². The molecule has 2 aromatic carbocycles. The second-order valence-corrected chi connectivity index (χ2v) is 8.02. The van der Waals surface area contributed by atoms with E-state index in [0.29, 0.717) is 34.2 Å². The molecule has 35 heavy (non-hydrogen) atoms. The summed E-state index contributed by atoms with van der Waals surface area (Å²) in [5.41, 5.74) is 1.20. The number of halogens is 3. The lowest BCUT2D eigenvalue weighted by atomic mass is 9.94. The Morgan fingerprint density at radius 1 is 1.09 bits per heavy atom. The van der Waals surface area contributed by atoms with E-state index in [1.165, 1.54) is 12.1 Å². The number of hydrogen-bond donors (Lipinski definition) is 3. The van der Waals surface area contributed by atoms with E-state index >= 15 is 0 Å². The molecule has 0 saturated carbocycles. The molecule has 2 amide bonds. The predicted octanol–water partition coefficient (Wildman–Crippen LogP) is 5.44. The van der Waals surface area contributed by atoms with E-state index in [1.54, 1.807) is 43.0 Å². The van der Waals surface area contributed by atoms with Crippen molar-refractivity contribution < 1.29 is 27.5 Å². The Labute approximate surface area is 206 Å². The van der Waals surface area contributed by atoms with Gasteiger partial charge in [0.25, 0.3) is 0 Å². The van der Waals surface area contributed by atoms with E-state index in [9.17, 15) is 22.8 Å². The van der Waals surface area contributed by atoms with Crippen LogP contribution < -0.4 is 16.0 Å².